The minimum absolute atomic E-state index is 0. The van der Waals surface area contributed by atoms with Gasteiger partial charge in [0.1, 0.15) is 0 Å². The van der Waals surface area contributed by atoms with Gasteiger partial charge in [0.2, 0.25) is 5.91 Å². The molecule has 0 radical (unpaired) electrons. The second-order valence-corrected chi connectivity index (χ2v) is 5.60. The summed E-state index contributed by atoms with van der Waals surface area (Å²) in [5, 5.41) is 2.01. The maximum Gasteiger partial charge on any atom is 0.239 e. The molecule has 20 heavy (non-hydrogen) atoms. The second-order valence-electron chi connectivity index (χ2n) is 4.57. The van der Waals surface area contributed by atoms with Crippen molar-refractivity contribution in [3.8, 4) is 0 Å². The predicted molar refractivity (Wildman–Crippen MR) is 86.2 cm³/mol. The van der Waals surface area contributed by atoms with Gasteiger partial charge in [-0.2, -0.15) is 0 Å². The standard InChI is InChI=1S/C15H18N2OS.ClH/c1-17(11-13-8-5-9-19-13)15(18)14(16)10-12-6-3-2-4-7-12;/h2-9,14H,10-11,16H2,1H3;1H/t14-;/m0./s1. The molecule has 0 saturated carbocycles. The smallest absolute Gasteiger partial charge is 0.239 e. The van der Waals surface area contributed by atoms with Crippen molar-refractivity contribution in [2.24, 2.45) is 5.73 Å². The minimum atomic E-state index is -0.479. The fourth-order valence-corrected chi connectivity index (χ4v) is 2.71. The first kappa shape index (κ1) is 16.7. The van der Waals surface area contributed by atoms with Crippen LogP contribution in [-0.4, -0.2) is 23.9 Å². The molecule has 2 N–H and O–H groups in total. The minimum Gasteiger partial charge on any atom is -0.339 e. The Morgan fingerprint density at radius 2 is 1.95 bits per heavy atom. The van der Waals surface area contributed by atoms with E-state index in [2.05, 4.69) is 0 Å². The SMILES string of the molecule is CN(Cc1cccs1)C(=O)[C@@H](N)Cc1ccccc1.Cl. The Balaban J connectivity index is 0.00000200. The average molecular weight is 311 g/mol. The van der Waals surface area contributed by atoms with Crippen LogP contribution in [0.25, 0.3) is 0 Å². The summed E-state index contributed by atoms with van der Waals surface area (Å²) in [5.41, 5.74) is 7.08. The van der Waals surface area contributed by atoms with E-state index in [1.165, 1.54) is 4.88 Å². The fourth-order valence-electron chi connectivity index (χ4n) is 1.95. The van der Waals surface area contributed by atoms with Gasteiger partial charge in [0.15, 0.2) is 0 Å². The van der Waals surface area contributed by atoms with Gasteiger partial charge in [0.05, 0.1) is 12.6 Å². The first-order chi connectivity index (χ1) is 9.16. The number of nitrogens with two attached hydrogens (primary N) is 1. The molecule has 0 unspecified atom stereocenters. The molecule has 3 nitrogen and oxygen atoms in total. The summed E-state index contributed by atoms with van der Waals surface area (Å²) in [6.07, 6.45) is 0.578. The molecule has 108 valence electrons. The summed E-state index contributed by atoms with van der Waals surface area (Å²) in [5.74, 6) is -0.0164. The molecule has 1 amide bonds. The van der Waals surface area contributed by atoms with E-state index in [0.717, 1.165) is 5.56 Å². The Labute approximate surface area is 129 Å². The number of carbonyl (C=O) groups is 1. The molecule has 0 spiro atoms. The largest absolute Gasteiger partial charge is 0.339 e. The lowest BCUT2D eigenvalue weighted by Gasteiger charge is -2.20. The Kier molecular flexibility index (Phi) is 6.71. The van der Waals surface area contributed by atoms with E-state index in [0.29, 0.717) is 13.0 Å². The molecule has 2 aromatic rings. The molecule has 0 saturated heterocycles. The van der Waals surface area contributed by atoms with Crippen LogP contribution in [0.5, 0.6) is 0 Å². The van der Waals surface area contributed by atoms with Crippen LogP contribution in [-0.2, 0) is 17.8 Å². The summed E-state index contributed by atoms with van der Waals surface area (Å²) in [7, 11) is 1.80. The van der Waals surface area contributed by atoms with Crippen LogP contribution in [0.3, 0.4) is 0 Å². The quantitative estimate of drug-likeness (QED) is 0.923. The number of halogens is 1. The van der Waals surface area contributed by atoms with Crippen molar-refractivity contribution in [3.63, 3.8) is 0 Å². The van der Waals surface area contributed by atoms with Gasteiger partial charge in [0, 0.05) is 11.9 Å². The molecular formula is C15H19ClN2OS. The van der Waals surface area contributed by atoms with Crippen LogP contribution < -0.4 is 5.73 Å². The van der Waals surface area contributed by atoms with Crippen molar-refractivity contribution in [3.05, 3.63) is 58.3 Å². The number of likely N-dealkylation sites (N-methyl/N-ethyl adjacent to an activating group) is 1. The highest BCUT2D eigenvalue weighted by molar-refractivity contribution is 7.09. The summed E-state index contributed by atoms with van der Waals surface area (Å²) >= 11 is 1.65. The number of thiophene rings is 1. The lowest BCUT2D eigenvalue weighted by atomic mass is 10.1. The van der Waals surface area contributed by atoms with E-state index in [1.54, 1.807) is 23.3 Å². The normalized spacial score (nSPS) is 11.5. The van der Waals surface area contributed by atoms with E-state index in [4.69, 9.17) is 5.73 Å². The third-order valence-electron chi connectivity index (χ3n) is 2.96. The number of hydrogen-bond acceptors (Lipinski definition) is 3. The molecule has 2 rings (SSSR count). The molecular weight excluding hydrogens is 292 g/mol. The molecule has 0 aliphatic heterocycles. The summed E-state index contributed by atoms with van der Waals surface area (Å²) in [6, 6.07) is 13.4. The van der Waals surface area contributed by atoms with E-state index in [1.807, 2.05) is 47.8 Å². The van der Waals surface area contributed by atoms with Gasteiger partial charge in [-0.05, 0) is 23.4 Å². The molecule has 0 bridgehead atoms. The first-order valence-corrected chi connectivity index (χ1v) is 7.11. The van der Waals surface area contributed by atoms with Gasteiger partial charge in [-0.25, -0.2) is 0 Å². The van der Waals surface area contributed by atoms with Crippen LogP contribution in [0, 0.1) is 0 Å². The number of nitrogens with zero attached hydrogens (tertiary/aromatic N) is 1. The Morgan fingerprint density at radius 1 is 1.25 bits per heavy atom. The Hall–Kier alpha value is -1.36. The zero-order chi connectivity index (χ0) is 13.7. The maximum absolute atomic E-state index is 12.2. The highest BCUT2D eigenvalue weighted by Gasteiger charge is 2.18. The van der Waals surface area contributed by atoms with Gasteiger partial charge in [-0.1, -0.05) is 36.4 Å². The molecule has 0 aliphatic carbocycles. The van der Waals surface area contributed by atoms with Crippen LogP contribution in [0.15, 0.2) is 47.8 Å². The number of rotatable bonds is 5. The molecule has 1 heterocycles. The van der Waals surface area contributed by atoms with Crippen LogP contribution in [0.4, 0.5) is 0 Å². The van der Waals surface area contributed by atoms with E-state index >= 15 is 0 Å². The molecule has 0 fully saturated rings. The molecule has 1 aromatic carbocycles. The molecule has 0 aliphatic rings. The van der Waals surface area contributed by atoms with E-state index in [-0.39, 0.29) is 18.3 Å². The second kappa shape index (κ2) is 8.04. The van der Waals surface area contributed by atoms with Gasteiger partial charge < -0.3 is 10.6 Å². The zero-order valence-corrected chi connectivity index (χ0v) is 13.0. The highest BCUT2D eigenvalue weighted by Crippen LogP contribution is 2.12. The van der Waals surface area contributed by atoms with Gasteiger partial charge in [0.25, 0.3) is 0 Å². The van der Waals surface area contributed by atoms with Gasteiger partial charge in [-0.3, -0.25) is 4.79 Å². The van der Waals surface area contributed by atoms with Crippen LogP contribution >= 0.6 is 23.7 Å². The third-order valence-corrected chi connectivity index (χ3v) is 3.83. The third kappa shape index (κ3) is 4.63. The first-order valence-electron chi connectivity index (χ1n) is 6.23. The maximum atomic E-state index is 12.2. The lowest BCUT2D eigenvalue weighted by molar-refractivity contribution is -0.131. The van der Waals surface area contributed by atoms with Crippen LogP contribution in [0.2, 0.25) is 0 Å². The van der Waals surface area contributed by atoms with E-state index in [9.17, 15) is 4.79 Å². The predicted octanol–water partition coefficient (Wildman–Crippen LogP) is 2.70. The number of amides is 1. The lowest BCUT2D eigenvalue weighted by Crippen LogP contribution is -2.42. The molecule has 1 aromatic heterocycles. The van der Waals surface area contributed by atoms with Gasteiger partial charge in [-0.15, -0.1) is 23.7 Å². The van der Waals surface area contributed by atoms with E-state index < -0.39 is 6.04 Å². The van der Waals surface area contributed by atoms with Crippen molar-refractivity contribution < 1.29 is 4.79 Å². The topological polar surface area (TPSA) is 46.3 Å². The molecule has 5 heteroatoms. The van der Waals surface area contributed by atoms with Crippen molar-refractivity contribution in [2.45, 2.75) is 19.0 Å². The van der Waals surface area contributed by atoms with Gasteiger partial charge >= 0.3 is 0 Å². The monoisotopic (exact) mass is 310 g/mol. The zero-order valence-electron chi connectivity index (χ0n) is 11.4. The number of benzene rings is 1. The fraction of sp³-hybridized carbons (Fsp3) is 0.267. The number of carbonyl (C=O) groups excluding carboxylic acids is 1. The summed E-state index contributed by atoms with van der Waals surface area (Å²) in [6.45, 7) is 0.624. The molecule has 1 atom stereocenters. The van der Waals surface area contributed by atoms with Crippen molar-refractivity contribution in [2.75, 3.05) is 7.05 Å². The Bertz CT molecular complexity index is 516. The number of hydrogen-bond donors (Lipinski definition) is 1. The van der Waals surface area contributed by atoms with Crippen molar-refractivity contribution in [1.82, 2.24) is 4.90 Å². The van der Waals surface area contributed by atoms with Crippen LogP contribution in [0.1, 0.15) is 10.4 Å². The van der Waals surface area contributed by atoms with Crippen molar-refractivity contribution in [1.29, 1.82) is 0 Å². The summed E-state index contributed by atoms with van der Waals surface area (Å²) < 4.78 is 0. The van der Waals surface area contributed by atoms with Crippen molar-refractivity contribution >= 4 is 29.7 Å². The highest BCUT2D eigenvalue weighted by atomic mass is 35.5. The average Bonchev–Trinajstić information content (AvgIpc) is 2.91. The Morgan fingerprint density at radius 3 is 2.55 bits per heavy atom. The summed E-state index contributed by atoms with van der Waals surface area (Å²) in [4.78, 5) is 15.0.